The van der Waals surface area contributed by atoms with E-state index in [0.717, 1.165) is 10.2 Å². The van der Waals surface area contributed by atoms with Gasteiger partial charge < -0.3 is 10.0 Å². The van der Waals surface area contributed by atoms with E-state index in [4.69, 9.17) is 11.6 Å². The Bertz CT molecular complexity index is 968. The third-order valence-corrected chi connectivity index (χ3v) is 5.41. The van der Waals surface area contributed by atoms with Crippen LogP contribution in [0.15, 0.2) is 29.1 Å². The smallest absolute Gasteiger partial charge is 0.308 e. The van der Waals surface area contributed by atoms with E-state index in [9.17, 15) is 19.5 Å². The van der Waals surface area contributed by atoms with Gasteiger partial charge in [-0.05, 0) is 37.1 Å². The summed E-state index contributed by atoms with van der Waals surface area (Å²) >= 11 is 5.92. The molecule has 0 radical (unpaired) electrons. The predicted molar refractivity (Wildman–Crippen MR) is 100 cm³/mol. The van der Waals surface area contributed by atoms with E-state index in [0.29, 0.717) is 16.3 Å². The summed E-state index contributed by atoms with van der Waals surface area (Å²) in [6, 6.07) is 6.95. The summed E-state index contributed by atoms with van der Waals surface area (Å²) in [5, 5.41) is 14.3. The molecule has 0 bridgehead atoms. The minimum absolute atomic E-state index is 0.0470. The SMILES string of the molecule is Cc1nn(C)c(=O)c(C(=O)N2C[C@@H](C(=O)O)[C@H](c3ccc(Cl)cc3)C2)c1C. The van der Waals surface area contributed by atoms with Crippen LogP contribution in [-0.2, 0) is 11.8 Å². The summed E-state index contributed by atoms with van der Waals surface area (Å²) in [7, 11) is 1.49. The van der Waals surface area contributed by atoms with Crippen molar-refractivity contribution in [1.29, 1.82) is 0 Å². The molecule has 2 heterocycles. The molecule has 1 saturated heterocycles. The Hall–Kier alpha value is -2.67. The van der Waals surface area contributed by atoms with Crippen LogP contribution in [0.2, 0.25) is 5.02 Å². The largest absolute Gasteiger partial charge is 0.481 e. The van der Waals surface area contributed by atoms with Gasteiger partial charge in [0, 0.05) is 31.1 Å². The number of carbonyl (C=O) groups is 2. The summed E-state index contributed by atoms with van der Waals surface area (Å²) in [5.74, 6) is -2.54. The number of likely N-dealkylation sites (tertiary alicyclic amines) is 1. The van der Waals surface area contributed by atoms with Crippen LogP contribution in [-0.4, -0.2) is 44.8 Å². The van der Waals surface area contributed by atoms with Crippen LogP contribution in [0.4, 0.5) is 0 Å². The first-order valence-corrected chi connectivity index (χ1v) is 8.90. The minimum Gasteiger partial charge on any atom is -0.481 e. The lowest BCUT2D eigenvalue weighted by Gasteiger charge is -2.18. The van der Waals surface area contributed by atoms with Gasteiger partial charge in [0.05, 0.1) is 11.6 Å². The summed E-state index contributed by atoms with van der Waals surface area (Å²) in [4.78, 5) is 38.7. The highest BCUT2D eigenvalue weighted by atomic mass is 35.5. The Morgan fingerprint density at radius 1 is 1.19 bits per heavy atom. The molecule has 1 fully saturated rings. The maximum atomic E-state index is 13.1. The van der Waals surface area contributed by atoms with E-state index in [1.54, 1.807) is 38.1 Å². The molecule has 0 aliphatic carbocycles. The average molecular weight is 390 g/mol. The number of carboxylic acids is 1. The van der Waals surface area contributed by atoms with E-state index in [-0.39, 0.29) is 24.6 Å². The second-order valence-corrected chi connectivity index (χ2v) is 7.26. The van der Waals surface area contributed by atoms with Crippen molar-refractivity contribution in [1.82, 2.24) is 14.7 Å². The van der Waals surface area contributed by atoms with Gasteiger partial charge in [0.15, 0.2) is 0 Å². The van der Waals surface area contributed by atoms with Gasteiger partial charge in [-0.15, -0.1) is 0 Å². The molecule has 1 aliphatic rings. The first kappa shape index (κ1) is 19.1. The molecular weight excluding hydrogens is 370 g/mol. The predicted octanol–water partition coefficient (Wildman–Crippen LogP) is 1.99. The van der Waals surface area contributed by atoms with Crippen molar-refractivity contribution in [3.8, 4) is 0 Å². The van der Waals surface area contributed by atoms with Crippen LogP contribution in [0.5, 0.6) is 0 Å². The fraction of sp³-hybridized carbons (Fsp3) is 0.368. The lowest BCUT2D eigenvalue weighted by atomic mass is 9.89. The van der Waals surface area contributed by atoms with E-state index in [1.165, 1.54) is 11.9 Å². The van der Waals surface area contributed by atoms with E-state index >= 15 is 0 Å². The maximum absolute atomic E-state index is 13.1. The highest BCUT2D eigenvalue weighted by molar-refractivity contribution is 6.30. The Kier molecular flexibility index (Phi) is 5.06. The molecular formula is C19H20ClN3O4. The molecule has 1 amide bonds. The Labute approximate surface area is 161 Å². The minimum atomic E-state index is -0.971. The first-order chi connectivity index (χ1) is 12.7. The molecule has 2 atom stereocenters. The second-order valence-electron chi connectivity index (χ2n) is 6.83. The number of rotatable bonds is 3. The maximum Gasteiger partial charge on any atom is 0.308 e. The average Bonchev–Trinajstić information content (AvgIpc) is 3.06. The van der Waals surface area contributed by atoms with Crippen LogP contribution >= 0.6 is 11.6 Å². The zero-order chi connectivity index (χ0) is 19.9. The van der Waals surface area contributed by atoms with Crippen LogP contribution in [0.25, 0.3) is 0 Å². The quantitative estimate of drug-likeness (QED) is 0.866. The van der Waals surface area contributed by atoms with Gasteiger partial charge in [-0.1, -0.05) is 23.7 Å². The normalized spacial score (nSPS) is 19.3. The van der Waals surface area contributed by atoms with Crippen molar-refractivity contribution in [3.63, 3.8) is 0 Å². The van der Waals surface area contributed by atoms with Crippen molar-refractivity contribution in [2.45, 2.75) is 19.8 Å². The van der Waals surface area contributed by atoms with Gasteiger partial charge in [0.25, 0.3) is 11.5 Å². The van der Waals surface area contributed by atoms with E-state index < -0.39 is 23.4 Å². The molecule has 7 nitrogen and oxygen atoms in total. The monoisotopic (exact) mass is 389 g/mol. The number of nitrogens with zero attached hydrogens (tertiary/aromatic N) is 3. The summed E-state index contributed by atoms with van der Waals surface area (Å²) in [6.45, 7) is 3.68. The summed E-state index contributed by atoms with van der Waals surface area (Å²) in [5.41, 5.74) is 1.47. The standard InChI is InChI=1S/C19H20ClN3O4/c1-10-11(2)21-22(3)17(24)16(10)18(25)23-8-14(15(9-23)19(26)27)12-4-6-13(20)7-5-12/h4-7,14-15H,8-9H2,1-3H3,(H,26,27)/t14-,15+/m0/s1. The fourth-order valence-corrected chi connectivity index (χ4v) is 3.65. The van der Waals surface area contributed by atoms with Crippen LogP contribution in [0.3, 0.4) is 0 Å². The van der Waals surface area contributed by atoms with Gasteiger partial charge in [0.2, 0.25) is 0 Å². The molecule has 1 aromatic heterocycles. The topological polar surface area (TPSA) is 92.5 Å². The van der Waals surface area contributed by atoms with E-state index in [1.807, 2.05) is 0 Å². The Morgan fingerprint density at radius 3 is 2.41 bits per heavy atom. The first-order valence-electron chi connectivity index (χ1n) is 8.52. The third-order valence-electron chi connectivity index (χ3n) is 5.16. The zero-order valence-electron chi connectivity index (χ0n) is 15.3. The Balaban J connectivity index is 1.97. The molecule has 27 heavy (non-hydrogen) atoms. The molecule has 1 aromatic carbocycles. The number of hydrogen-bond acceptors (Lipinski definition) is 4. The number of aliphatic carboxylic acids is 1. The Morgan fingerprint density at radius 2 is 1.81 bits per heavy atom. The molecule has 8 heteroatoms. The van der Waals surface area contributed by atoms with Gasteiger partial charge in [-0.3, -0.25) is 14.4 Å². The van der Waals surface area contributed by atoms with Crippen molar-refractivity contribution >= 4 is 23.5 Å². The van der Waals surface area contributed by atoms with Gasteiger partial charge in [-0.25, -0.2) is 4.68 Å². The fourth-order valence-electron chi connectivity index (χ4n) is 3.53. The van der Waals surface area contributed by atoms with Crippen molar-refractivity contribution in [2.75, 3.05) is 13.1 Å². The number of aromatic nitrogens is 2. The van der Waals surface area contributed by atoms with E-state index in [2.05, 4.69) is 5.10 Å². The molecule has 0 unspecified atom stereocenters. The molecule has 1 N–H and O–H groups in total. The highest BCUT2D eigenvalue weighted by Crippen LogP contribution is 2.34. The van der Waals surface area contributed by atoms with Crippen LogP contribution < -0.4 is 5.56 Å². The number of benzene rings is 1. The van der Waals surface area contributed by atoms with Gasteiger partial charge in [-0.2, -0.15) is 5.10 Å². The van der Waals surface area contributed by atoms with Gasteiger partial charge >= 0.3 is 5.97 Å². The van der Waals surface area contributed by atoms with Crippen LogP contribution in [0, 0.1) is 19.8 Å². The number of hydrogen-bond donors (Lipinski definition) is 1. The molecule has 2 aromatic rings. The number of carboxylic acid groups (broad SMARTS) is 1. The summed E-state index contributed by atoms with van der Waals surface area (Å²) in [6.07, 6.45) is 0. The third kappa shape index (κ3) is 3.47. The van der Waals surface area contributed by atoms with Crippen molar-refractivity contribution < 1.29 is 14.7 Å². The van der Waals surface area contributed by atoms with Crippen molar-refractivity contribution in [3.05, 3.63) is 62.0 Å². The number of amides is 1. The molecule has 0 spiro atoms. The number of aryl methyl sites for hydroxylation is 2. The number of carbonyl (C=O) groups excluding carboxylic acids is 1. The lowest BCUT2D eigenvalue weighted by molar-refractivity contribution is -0.141. The molecule has 142 valence electrons. The van der Waals surface area contributed by atoms with Gasteiger partial charge in [0.1, 0.15) is 5.56 Å². The van der Waals surface area contributed by atoms with Crippen molar-refractivity contribution in [2.24, 2.45) is 13.0 Å². The summed E-state index contributed by atoms with van der Waals surface area (Å²) < 4.78 is 1.14. The number of halogens is 1. The second kappa shape index (κ2) is 7.15. The molecule has 0 saturated carbocycles. The molecule has 3 rings (SSSR count). The zero-order valence-corrected chi connectivity index (χ0v) is 16.0. The highest BCUT2D eigenvalue weighted by Gasteiger charge is 2.41. The van der Waals surface area contributed by atoms with Crippen LogP contribution in [0.1, 0.15) is 33.1 Å². The lowest BCUT2D eigenvalue weighted by Crippen LogP contribution is -2.37. The molecule has 1 aliphatic heterocycles.